The summed E-state index contributed by atoms with van der Waals surface area (Å²) in [5.41, 5.74) is 0. The van der Waals surface area contributed by atoms with E-state index in [0.29, 0.717) is 19.8 Å². The lowest BCUT2D eigenvalue weighted by Crippen LogP contribution is -2.45. The molecular weight excluding hydrogens is 234 g/mol. The molecule has 5 nitrogen and oxygen atoms in total. The van der Waals surface area contributed by atoms with E-state index < -0.39 is 5.97 Å². The molecule has 2 aliphatic rings. The minimum absolute atomic E-state index is 0.0748. The molecule has 1 aliphatic carbocycles. The predicted octanol–water partition coefficient (Wildman–Crippen LogP) is 1.24. The zero-order chi connectivity index (χ0) is 13.0. The summed E-state index contributed by atoms with van der Waals surface area (Å²) in [4.78, 5) is 12.8. The Morgan fingerprint density at radius 1 is 1.39 bits per heavy atom. The van der Waals surface area contributed by atoms with Crippen molar-refractivity contribution in [2.24, 2.45) is 0 Å². The van der Waals surface area contributed by atoms with Gasteiger partial charge >= 0.3 is 5.97 Å². The maximum atomic E-state index is 10.9. The fourth-order valence-electron chi connectivity index (χ4n) is 2.88. The van der Waals surface area contributed by atoms with Gasteiger partial charge in [-0.25, -0.2) is 0 Å². The lowest BCUT2D eigenvalue weighted by molar-refractivity contribution is -0.184. The van der Waals surface area contributed by atoms with Crippen molar-refractivity contribution in [3.63, 3.8) is 0 Å². The summed E-state index contributed by atoms with van der Waals surface area (Å²) >= 11 is 0. The summed E-state index contributed by atoms with van der Waals surface area (Å²) in [7, 11) is 0. The SMILES string of the molecule is C=CCN(CC(=O)O)C1CCC2(CC1)OCCO2. The van der Waals surface area contributed by atoms with Gasteiger partial charge in [0.15, 0.2) is 5.79 Å². The monoisotopic (exact) mass is 255 g/mol. The van der Waals surface area contributed by atoms with Crippen LogP contribution in [0.15, 0.2) is 12.7 Å². The van der Waals surface area contributed by atoms with Gasteiger partial charge in [-0.15, -0.1) is 6.58 Å². The van der Waals surface area contributed by atoms with Crippen molar-refractivity contribution >= 4 is 5.97 Å². The maximum Gasteiger partial charge on any atom is 0.317 e. The van der Waals surface area contributed by atoms with Crippen molar-refractivity contribution in [1.82, 2.24) is 4.90 Å². The zero-order valence-corrected chi connectivity index (χ0v) is 10.6. The molecular formula is C13H21NO4. The molecule has 102 valence electrons. The molecule has 1 saturated heterocycles. The highest BCUT2D eigenvalue weighted by atomic mass is 16.7. The maximum absolute atomic E-state index is 10.9. The molecule has 0 aromatic rings. The van der Waals surface area contributed by atoms with Gasteiger partial charge in [-0.05, 0) is 12.8 Å². The standard InChI is InChI=1S/C13H21NO4/c1-2-7-14(10-12(15)16)11-3-5-13(6-4-11)17-8-9-18-13/h2,11H,1,3-10H2,(H,15,16). The molecule has 5 heteroatoms. The molecule has 0 aromatic heterocycles. The Morgan fingerprint density at radius 2 is 2.00 bits per heavy atom. The molecule has 0 unspecified atom stereocenters. The van der Waals surface area contributed by atoms with Crippen LogP contribution in [-0.4, -0.2) is 54.1 Å². The van der Waals surface area contributed by atoms with Crippen LogP contribution in [0.25, 0.3) is 0 Å². The van der Waals surface area contributed by atoms with Gasteiger partial charge < -0.3 is 14.6 Å². The van der Waals surface area contributed by atoms with Crippen LogP contribution in [0.2, 0.25) is 0 Å². The minimum Gasteiger partial charge on any atom is -0.480 e. The quantitative estimate of drug-likeness (QED) is 0.749. The van der Waals surface area contributed by atoms with Gasteiger partial charge in [0, 0.05) is 25.4 Å². The second kappa shape index (κ2) is 5.82. The number of rotatable bonds is 5. The molecule has 1 N–H and O–H groups in total. The fraction of sp³-hybridized carbons (Fsp3) is 0.769. The first-order chi connectivity index (χ1) is 8.65. The van der Waals surface area contributed by atoms with E-state index in [2.05, 4.69) is 6.58 Å². The van der Waals surface area contributed by atoms with Crippen LogP contribution in [0.4, 0.5) is 0 Å². The van der Waals surface area contributed by atoms with Gasteiger partial charge in [0.2, 0.25) is 0 Å². The Hall–Kier alpha value is -0.910. The summed E-state index contributed by atoms with van der Waals surface area (Å²) in [6.45, 7) is 5.73. The molecule has 1 saturated carbocycles. The average molecular weight is 255 g/mol. The summed E-state index contributed by atoms with van der Waals surface area (Å²) in [5, 5.41) is 8.92. The van der Waals surface area contributed by atoms with E-state index in [1.54, 1.807) is 6.08 Å². The van der Waals surface area contributed by atoms with E-state index >= 15 is 0 Å². The number of carboxylic acid groups (broad SMARTS) is 1. The molecule has 0 amide bonds. The smallest absolute Gasteiger partial charge is 0.317 e. The number of nitrogens with zero attached hydrogens (tertiary/aromatic N) is 1. The lowest BCUT2D eigenvalue weighted by atomic mass is 9.89. The van der Waals surface area contributed by atoms with Gasteiger partial charge in [0.1, 0.15) is 0 Å². The highest BCUT2D eigenvalue weighted by Crippen LogP contribution is 2.37. The van der Waals surface area contributed by atoms with Crippen molar-refractivity contribution in [2.75, 3.05) is 26.3 Å². The fourth-order valence-corrected chi connectivity index (χ4v) is 2.88. The van der Waals surface area contributed by atoms with Crippen LogP contribution < -0.4 is 0 Å². The third-order valence-corrected chi connectivity index (χ3v) is 3.75. The Bertz CT molecular complexity index is 302. The van der Waals surface area contributed by atoms with Crippen molar-refractivity contribution < 1.29 is 19.4 Å². The van der Waals surface area contributed by atoms with Gasteiger partial charge in [-0.2, -0.15) is 0 Å². The molecule has 1 heterocycles. The molecule has 1 spiro atoms. The van der Waals surface area contributed by atoms with Gasteiger partial charge in [0.05, 0.1) is 19.8 Å². The van der Waals surface area contributed by atoms with Crippen LogP contribution in [0, 0.1) is 0 Å². The van der Waals surface area contributed by atoms with Crippen molar-refractivity contribution in [3.8, 4) is 0 Å². The molecule has 2 rings (SSSR count). The van der Waals surface area contributed by atoms with Gasteiger partial charge in [-0.1, -0.05) is 6.08 Å². The second-order valence-electron chi connectivity index (χ2n) is 4.95. The van der Waals surface area contributed by atoms with Gasteiger partial charge in [-0.3, -0.25) is 9.69 Å². The third-order valence-electron chi connectivity index (χ3n) is 3.75. The Morgan fingerprint density at radius 3 is 2.50 bits per heavy atom. The number of ether oxygens (including phenoxy) is 2. The topological polar surface area (TPSA) is 59.0 Å². The summed E-state index contributed by atoms with van der Waals surface area (Å²) in [6, 6.07) is 0.289. The van der Waals surface area contributed by atoms with Crippen LogP contribution in [-0.2, 0) is 14.3 Å². The Balaban J connectivity index is 1.89. The molecule has 0 bridgehead atoms. The normalized spacial score (nSPS) is 23.6. The first-order valence-electron chi connectivity index (χ1n) is 6.50. The minimum atomic E-state index is -0.787. The van der Waals surface area contributed by atoms with E-state index in [4.69, 9.17) is 14.6 Å². The number of aliphatic carboxylic acids is 1. The van der Waals surface area contributed by atoms with E-state index in [9.17, 15) is 4.79 Å². The third kappa shape index (κ3) is 3.10. The number of hydrogen-bond acceptors (Lipinski definition) is 4. The second-order valence-corrected chi connectivity index (χ2v) is 4.95. The van der Waals surface area contributed by atoms with Crippen LogP contribution in [0.1, 0.15) is 25.7 Å². The van der Waals surface area contributed by atoms with Crippen LogP contribution >= 0.6 is 0 Å². The lowest BCUT2D eigenvalue weighted by Gasteiger charge is -2.39. The average Bonchev–Trinajstić information content (AvgIpc) is 2.78. The molecule has 0 aromatic carbocycles. The van der Waals surface area contributed by atoms with Gasteiger partial charge in [0.25, 0.3) is 0 Å². The van der Waals surface area contributed by atoms with Crippen molar-refractivity contribution in [2.45, 2.75) is 37.5 Å². The van der Waals surface area contributed by atoms with Crippen molar-refractivity contribution in [1.29, 1.82) is 0 Å². The first-order valence-corrected chi connectivity index (χ1v) is 6.50. The zero-order valence-electron chi connectivity index (χ0n) is 10.6. The van der Waals surface area contributed by atoms with E-state index in [-0.39, 0.29) is 18.4 Å². The Kier molecular flexibility index (Phi) is 4.37. The number of hydrogen-bond donors (Lipinski definition) is 1. The van der Waals surface area contributed by atoms with E-state index in [1.165, 1.54) is 0 Å². The first kappa shape index (κ1) is 13.5. The van der Waals surface area contributed by atoms with E-state index in [0.717, 1.165) is 25.7 Å². The highest BCUT2D eigenvalue weighted by Gasteiger charge is 2.41. The summed E-state index contributed by atoms with van der Waals surface area (Å²) in [5.74, 6) is -1.16. The molecule has 2 fully saturated rings. The highest BCUT2D eigenvalue weighted by molar-refractivity contribution is 5.69. The summed E-state index contributed by atoms with van der Waals surface area (Å²) in [6.07, 6.45) is 5.30. The molecule has 18 heavy (non-hydrogen) atoms. The molecule has 0 radical (unpaired) electrons. The number of carboxylic acids is 1. The summed E-state index contributed by atoms with van der Waals surface area (Å²) < 4.78 is 11.3. The Labute approximate surface area is 107 Å². The van der Waals surface area contributed by atoms with E-state index in [1.807, 2.05) is 4.90 Å². The molecule has 0 atom stereocenters. The number of carbonyl (C=O) groups is 1. The predicted molar refractivity (Wildman–Crippen MR) is 66.3 cm³/mol. The largest absolute Gasteiger partial charge is 0.480 e. The molecule has 1 aliphatic heterocycles. The van der Waals surface area contributed by atoms with Crippen molar-refractivity contribution in [3.05, 3.63) is 12.7 Å². The van der Waals surface area contributed by atoms with Crippen LogP contribution in [0.3, 0.4) is 0 Å². The van der Waals surface area contributed by atoms with Crippen LogP contribution in [0.5, 0.6) is 0 Å².